The molecule has 7 heteroatoms. The molecule has 1 saturated heterocycles. The molecule has 7 rings (SSSR count). The number of nitrogens with zero attached hydrogens (tertiary/aromatic N) is 2. The lowest BCUT2D eigenvalue weighted by atomic mass is 9.63. The molecule has 3 fully saturated rings. The summed E-state index contributed by atoms with van der Waals surface area (Å²) in [6.07, 6.45) is 7.01. The Kier molecular flexibility index (Phi) is 5.21. The minimum atomic E-state index is -0.247. The number of carbonyl (C=O) groups excluding carboxylic acids is 2. The minimum Gasteiger partial charge on any atom is -0.490 e. The average Bonchev–Trinajstić information content (AvgIpc) is 3.63. The maximum atomic E-state index is 13.1. The van der Waals surface area contributed by atoms with Crippen LogP contribution in [-0.2, 0) is 16.2 Å². The van der Waals surface area contributed by atoms with Crippen molar-refractivity contribution < 1.29 is 19.1 Å². The van der Waals surface area contributed by atoms with Gasteiger partial charge in [-0.2, -0.15) is 10.1 Å². The zero-order valence-electron chi connectivity index (χ0n) is 18.8. The van der Waals surface area contributed by atoms with E-state index in [9.17, 15) is 9.59 Å². The molecule has 2 saturated carbocycles. The van der Waals surface area contributed by atoms with E-state index in [1.165, 1.54) is 0 Å². The summed E-state index contributed by atoms with van der Waals surface area (Å²) in [6, 6.07) is 12.9. The molecule has 34 heavy (non-hydrogen) atoms. The van der Waals surface area contributed by atoms with Crippen molar-refractivity contribution in [1.29, 1.82) is 0 Å². The Labute approximate surface area is 203 Å². The number of amides is 2. The Hall–Kier alpha value is -3.12. The van der Waals surface area contributed by atoms with Gasteiger partial charge in [0.25, 0.3) is 11.8 Å². The smallest absolute Gasteiger partial charge is 0.254 e. The predicted octanol–water partition coefficient (Wildman–Crippen LogP) is 4.70. The molecule has 174 valence electrons. The van der Waals surface area contributed by atoms with Crippen LogP contribution in [0.4, 0.5) is 0 Å². The van der Waals surface area contributed by atoms with Gasteiger partial charge < -0.3 is 9.47 Å². The lowest BCUT2D eigenvalue weighted by molar-refractivity contribution is -0.140. The molecule has 0 aromatic heterocycles. The van der Waals surface area contributed by atoms with E-state index >= 15 is 0 Å². The zero-order valence-corrected chi connectivity index (χ0v) is 19.5. The Morgan fingerprint density at radius 1 is 1.00 bits per heavy atom. The molecule has 2 amide bonds. The van der Waals surface area contributed by atoms with Gasteiger partial charge in [0.1, 0.15) is 6.61 Å². The molecule has 2 aromatic rings. The number of carbonyl (C=O) groups is 2. The zero-order chi connectivity index (χ0) is 23.4. The quantitative estimate of drug-likeness (QED) is 0.330. The fourth-order valence-electron chi connectivity index (χ4n) is 5.94. The van der Waals surface area contributed by atoms with Crippen LogP contribution in [-0.4, -0.2) is 29.6 Å². The normalized spacial score (nSPS) is 30.6. The lowest BCUT2D eigenvalue weighted by Gasteiger charge is -2.37. The first-order valence-corrected chi connectivity index (χ1v) is 12.2. The van der Waals surface area contributed by atoms with E-state index in [1.54, 1.807) is 18.3 Å². The van der Waals surface area contributed by atoms with Gasteiger partial charge in [0, 0.05) is 10.6 Å². The second-order valence-electron chi connectivity index (χ2n) is 9.41. The van der Waals surface area contributed by atoms with Crippen molar-refractivity contribution in [2.75, 3.05) is 6.61 Å². The van der Waals surface area contributed by atoms with Crippen molar-refractivity contribution in [3.8, 4) is 11.5 Å². The van der Waals surface area contributed by atoms with Gasteiger partial charge in [-0.05, 0) is 66.8 Å². The summed E-state index contributed by atoms with van der Waals surface area (Å²) in [6.45, 7) is 2.67. The first-order chi connectivity index (χ1) is 16.6. The highest BCUT2D eigenvalue weighted by Gasteiger charge is 2.67. The van der Waals surface area contributed by atoms with Crippen LogP contribution in [0.5, 0.6) is 11.5 Å². The Bertz CT molecular complexity index is 1190. The highest BCUT2D eigenvalue weighted by molar-refractivity contribution is 6.31. The van der Waals surface area contributed by atoms with Crippen LogP contribution >= 0.6 is 11.6 Å². The monoisotopic (exact) mass is 476 g/mol. The first-order valence-electron chi connectivity index (χ1n) is 11.8. The largest absolute Gasteiger partial charge is 0.490 e. The van der Waals surface area contributed by atoms with E-state index in [4.69, 9.17) is 21.1 Å². The Morgan fingerprint density at radius 3 is 2.38 bits per heavy atom. The van der Waals surface area contributed by atoms with Gasteiger partial charge in [0.15, 0.2) is 11.5 Å². The number of ether oxygens (including phenoxy) is 2. The number of rotatable bonds is 7. The van der Waals surface area contributed by atoms with Crippen molar-refractivity contribution >= 4 is 29.6 Å². The number of imide groups is 1. The van der Waals surface area contributed by atoms with Crippen molar-refractivity contribution in [2.24, 2.45) is 40.6 Å². The molecule has 6 nitrogen and oxygen atoms in total. The van der Waals surface area contributed by atoms with Crippen molar-refractivity contribution in [3.05, 3.63) is 70.8 Å². The van der Waals surface area contributed by atoms with E-state index in [0.29, 0.717) is 47.1 Å². The summed E-state index contributed by atoms with van der Waals surface area (Å²) < 4.78 is 11.7. The standard InChI is InChI=1S/C27H25ClN2O4/c1-2-33-23-11-15(7-10-22(23)34-14-16-5-3-4-6-21(16)28)13-29-30-26(31)24-17-8-9-18(20-12-19(17)20)25(24)27(30)32/h3-11,13,17-20,24-25H,2,12,14H2,1H3/t17-,18-,19-,20+,24-,25+/m0/s1. The number of benzene rings is 2. The third kappa shape index (κ3) is 3.43. The van der Waals surface area contributed by atoms with Gasteiger partial charge in [0.2, 0.25) is 0 Å². The third-order valence-electron chi connectivity index (χ3n) is 7.57. The first kappa shape index (κ1) is 21.4. The maximum absolute atomic E-state index is 13.1. The van der Waals surface area contributed by atoms with E-state index in [2.05, 4.69) is 17.3 Å². The number of hydrogen-bond donors (Lipinski definition) is 0. The summed E-state index contributed by atoms with van der Waals surface area (Å²) in [5.74, 6) is 1.85. The molecular weight excluding hydrogens is 452 g/mol. The molecule has 2 bridgehead atoms. The SMILES string of the molecule is CCOc1cc(C=NN2C(=O)[C@@H]3[C@H]4C=C[C@@H]([C@@H]5C[C@H]45)[C@@H]3C2=O)ccc1OCc1ccccc1Cl. The minimum absolute atomic E-state index is 0.166. The molecular formula is C27H25ClN2O4. The van der Waals surface area contributed by atoms with Crippen LogP contribution in [0.3, 0.4) is 0 Å². The molecule has 4 aliphatic carbocycles. The number of allylic oxidation sites excluding steroid dienone is 2. The molecule has 0 unspecified atom stereocenters. The molecule has 0 spiro atoms. The fourth-order valence-corrected chi connectivity index (χ4v) is 6.13. The van der Waals surface area contributed by atoms with E-state index < -0.39 is 0 Å². The fraction of sp³-hybridized carbons (Fsp3) is 0.370. The molecule has 0 radical (unpaired) electrons. The van der Waals surface area contributed by atoms with Crippen LogP contribution in [0.2, 0.25) is 5.02 Å². The number of hydrazone groups is 1. The van der Waals surface area contributed by atoms with Crippen molar-refractivity contribution in [3.63, 3.8) is 0 Å². The summed E-state index contributed by atoms with van der Waals surface area (Å²) in [7, 11) is 0. The van der Waals surface area contributed by atoms with E-state index in [1.807, 2.05) is 37.3 Å². The second kappa shape index (κ2) is 8.27. The lowest BCUT2D eigenvalue weighted by Crippen LogP contribution is -2.40. The second-order valence-corrected chi connectivity index (χ2v) is 9.81. The van der Waals surface area contributed by atoms with Gasteiger partial charge in [-0.25, -0.2) is 0 Å². The van der Waals surface area contributed by atoms with Gasteiger partial charge in [-0.3, -0.25) is 9.59 Å². The highest BCUT2D eigenvalue weighted by atomic mass is 35.5. The summed E-state index contributed by atoms with van der Waals surface area (Å²) >= 11 is 6.23. The predicted molar refractivity (Wildman–Crippen MR) is 128 cm³/mol. The van der Waals surface area contributed by atoms with Crippen LogP contribution in [0, 0.1) is 35.5 Å². The van der Waals surface area contributed by atoms with Gasteiger partial charge in [-0.1, -0.05) is 42.0 Å². The van der Waals surface area contributed by atoms with Crippen LogP contribution in [0.1, 0.15) is 24.5 Å². The molecule has 6 atom stereocenters. The summed E-state index contributed by atoms with van der Waals surface area (Å²) in [5.41, 5.74) is 1.60. The third-order valence-corrected chi connectivity index (χ3v) is 7.94. The molecule has 2 aromatic carbocycles. The highest BCUT2D eigenvalue weighted by Crippen LogP contribution is 2.65. The molecule has 1 aliphatic heterocycles. The van der Waals surface area contributed by atoms with Crippen LogP contribution < -0.4 is 9.47 Å². The van der Waals surface area contributed by atoms with Gasteiger partial charge in [-0.15, -0.1) is 0 Å². The Balaban J connectivity index is 1.19. The summed E-state index contributed by atoms with van der Waals surface area (Å²) in [4.78, 5) is 26.2. The maximum Gasteiger partial charge on any atom is 0.254 e. The number of halogens is 1. The van der Waals surface area contributed by atoms with Crippen LogP contribution in [0.15, 0.2) is 59.7 Å². The molecule has 0 N–H and O–H groups in total. The number of hydrogen-bond acceptors (Lipinski definition) is 5. The average molecular weight is 477 g/mol. The van der Waals surface area contributed by atoms with Crippen molar-refractivity contribution in [1.82, 2.24) is 5.01 Å². The Morgan fingerprint density at radius 2 is 1.71 bits per heavy atom. The topological polar surface area (TPSA) is 68.2 Å². The summed E-state index contributed by atoms with van der Waals surface area (Å²) in [5, 5.41) is 6.06. The molecule has 5 aliphatic rings. The van der Waals surface area contributed by atoms with Crippen molar-refractivity contribution in [2.45, 2.75) is 20.0 Å². The van der Waals surface area contributed by atoms with E-state index in [0.717, 1.165) is 17.0 Å². The van der Waals surface area contributed by atoms with Crippen LogP contribution in [0.25, 0.3) is 0 Å². The molecule has 1 heterocycles. The van der Waals surface area contributed by atoms with Gasteiger partial charge in [0.05, 0.1) is 24.7 Å². The van der Waals surface area contributed by atoms with E-state index in [-0.39, 0.29) is 35.5 Å². The van der Waals surface area contributed by atoms with Gasteiger partial charge >= 0.3 is 0 Å².